The molecule has 0 rings (SSSR count). The number of carboxylic acid groups (broad SMARTS) is 1. The van der Waals surface area contributed by atoms with E-state index in [4.69, 9.17) is 5.73 Å². The molecule has 0 unspecified atom stereocenters. The van der Waals surface area contributed by atoms with E-state index in [9.17, 15) is 29.1 Å². The van der Waals surface area contributed by atoms with Gasteiger partial charge in [0.15, 0.2) is 0 Å². The normalized spacial score (nSPS) is 14.0. The molecule has 0 fully saturated rings. The summed E-state index contributed by atoms with van der Waals surface area (Å²) < 4.78 is 0. The first-order chi connectivity index (χ1) is 19.8. The molecule has 43 heavy (non-hydrogen) atoms. The number of nitrogens with two attached hydrogens (primary N) is 1. The fourth-order valence-electron chi connectivity index (χ4n) is 4.41. The lowest BCUT2D eigenvalue weighted by Crippen LogP contribution is -2.57. The predicted octanol–water partition coefficient (Wildman–Crippen LogP) is 3.18. The number of amides is 5. The molecule has 0 aromatic carbocycles. The Hall–Kier alpha value is -2.89. The summed E-state index contributed by atoms with van der Waals surface area (Å²) >= 11 is 0. The van der Waals surface area contributed by atoms with Crippen LogP contribution in [0.2, 0.25) is 0 Å². The van der Waals surface area contributed by atoms with Crippen molar-refractivity contribution in [1.82, 2.24) is 26.6 Å². The van der Waals surface area contributed by atoms with Gasteiger partial charge < -0.3 is 37.4 Å². The van der Waals surface area contributed by atoms with Crippen molar-refractivity contribution >= 4 is 29.7 Å². The van der Waals surface area contributed by atoms with Gasteiger partial charge in [-0.3, -0.25) is 14.4 Å². The van der Waals surface area contributed by atoms with Gasteiger partial charge in [0.25, 0.3) is 0 Å². The molecular formula is C31H60N6O6. The zero-order valence-corrected chi connectivity index (χ0v) is 27.9. The highest BCUT2D eigenvalue weighted by atomic mass is 16.4. The zero-order chi connectivity index (χ0) is 33.2. The molecule has 250 valence electrons. The third kappa shape index (κ3) is 21.4. The van der Waals surface area contributed by atoms with Gasteiger partial charge in [-0.1, -0.05) is 47.5 Å². The third-order valence-corrected chi connectivity index (χ3v) is 6.89. The quantitative estimate of drug-likeness (QED) is 0.0968. The number of carbonyl (C=O) groups is 5. The van der Waals surface area contributed by atoms with Crippen LogP contribution in [0.3, 0.4) is 0 Å². The largest absolute Gasteiger partial charge is 0.480 e. The number of primary amides is 1. The first-order valence-electron chi connectivity index (χ1n) is 15.7. The summed E-state index contributed by atoms with van der Waals surface area (Å²) in [4.78, 5) is 62.1. The van der Waals surface area contributed by atoms with E-state index in [2.05, 4.69) is 47.4 Å². The second-order valence-electron chi connectivity index (χ2n) is 14.0. The van der Waals surface area contributed by atoms with Crippen LogP contribution < -0.4 is 32.3 Å². The number of rotatable bonds is 21. The van der Waals surface area contributed by atoms with E-state index in [1.54, 1.807) is 13.8 Å². The molecule has 0 heterocycles. The Balaban J connectivity index is 5.29. The number of carbonyl (C=O) groups excluding carboxylic acids is 4. The zero-order valence-electron chi connectivity index (χ0n) is 27.9. The van der Waals surface area contributed by atoms with Gasteiger partial charge in [0, 0.05) is 18.5 Å². The van der Waals surface area contributed by atoms with Crippen molar-refractivity contribution in [3.05, 3.63) is 0 Å². The molecule has 0 radical (unpaired) electrons. The molecule has 0 aromatic heterocycles. The fourth-order valence-corrected chi connectivity index (χ4v) is 4.41. The Morgan fingerprint density at radius 2 is 1.33 bits per heavy atom. The maximum atomic E-state index is 13.3. The van der Waals surface area contributed by atoms with Crippen molar-refractivity contribution in [2.24, 2.45) is 17.1 Å². The number of hydrogen-bond acceptors (Lipinski definition) is 6. The maximum Gasteiger partial charge on any atom is 0.326 e. The highest BCUT2D eigenvalue weighted by Crippen LogP contribution is 2.22. The van der Waals surface area contributed by atoms with Crippen molar-refractivity contribution in [2.45, 2.75) is 143 Å². The molecular weight excluding hydrogens is 552 g/mol. The van der Waals surface area contributed by atoms with Crippen molar-refractivity contribution in [2.75, 3.05) is 13.1 Å². The van der Waals surface area contributed by atoms with Crippen molar-refractivity contribution in [3.63, 3.8) is 0 Å². The number of nitrogens with one attached hydrogen (secondary N) is 5. The number of carboxylic acids is 1. The van der Waals surface area contributed by atoms with Gasteiger partial charge in [0.05, 0.1) is 0 Å². The standard InChI is InChI=1S/C31H60N6O6/c1-21(2)25(37-24(38)17-10-9-12-18-30(3,4)5)27(40)35-22(16-14-19-33-29(32)43)26(39)36-23(28(41)42)15-11-13-20-34-31(6,7)8/h21-23,25,34H,9-20H2,1-8H3,(H,35,40)(H,36,39)(H,37,38)(H,41,42)(H3,32,33,43)/t22-,23+,25-/m0/s1. The lowest BCUT2D eigenvalue weighted by Gasteiger charge is -2.26. The van der Waals surface area contributed by atoms with Gasteiger partial charge in [0.1, 0.15) is 18.1 Å². The van der Waals surface area contributed by atoms with Crippen LogP contribution in [0.1, 0.15) is 120 Å². The Bertz CT molecular complexity index is 881. The molecule has 0 bridgehead atoms. The van der Waals surface area contributed by atoms with Crippen LogP contribution in [0, 0.1) is 11.3 Å². The number of urea groups is 1. The van der Waals surface area contributed by atoms with E-state index in [-0.39, 0.29) is 42.2 Å². The van der Waals surface area contributed by atoms with Gasteiger partial charge >= 0.3 is 12.0 Å². The van der Waals surface area contributed by atoms with E-state index in [1.165, 1.54) is 0 Å². The van der Waals surface area contributed by atoms with Gasteiger partial charge in [-0.25, -0.2) is 9.59 Å². The van der Waals surface area contributed by atoms with Crippen molar-refractivity contribution in [1.29, 1.82) is 0 Å². The predicted molar refractivity (Wildman–Crippen MR) is 169 cm³/mol. The molecule has 0 aliphatic rings. The highest BCUT2D eigenvalue weighted by molar-refractivity contribution is 5.93. The van der Waals surface area contributed by atoms with E-state index in [0.29, 0.717) is 25.8 Å². The van der Waals surface area contributed by atoms with Gasteiger partial charge in [0.2, 0.25) is 17.7 Å². The maximum absolute atomic E-state index is 13.3. The van der Waals surface area contributed by atoms with E-state index in [1.807, 2.05) is 20.8 Å². The SMILES string of the molecule is CC(C)[C@H](NC(=O)CCCCCC(C)(C)C)C(=O)N[C@@H](CCCNC(N)=O)C(=O)N[C@H](CCCCNC(C)(C)C)C(=O)O. The minimum absolute atomic E-state index is 0.0470. The van der Waals surface area contributed by atoms with E-state index in [0.717, 1.165) is 32.1 Å². The van der Waals surface area contributed by atoms with Crippen LogP contribution in [0.4, 0.5) is 4.79 Å². The van der Waals surface area contributed by atoms with E-state index < -0.39 is 41.9 Å². The van der Waals surface area contributed by atoms with Crippen LogP contribution >= 0.6 is 0 Å². The van der Waals surface area contributed by atoms with Crippen LogP contribution in [-0.2, 0) is 19.2 Å². The van der Waals surface area contributed by atoms with Crippen LogP contribution in [0.25, 0.3) is 0 Å². The second-order valence-corrected chi connectivity index (χ2v) is 14.0. The summed E-state index contributed by atoms with van der Waals surface area (Å²) in [5.74, 6) is -2.81. The minimum atomic E-state index is -1.16. The number of hydrogen-bond donors (Lipinski definition) is 7. The molecule has 12 heteroatoms. The summed E-state index contributed by atoms with van der Waals surface area (Å²) in [5.41, 5.74) is 5.32. The van der Waals surface area contributed by atoms with Crippen LogP contribution in [0.5, 0.6) is 0 Å². The highest BCUT2D eigenvalue weighted by Gasteiger charge is 2.30. The monoisotopic (exact) mass is 612 g/mol. The summed E-state index contributed by atoms with van der Waals surface area (Å²) in [5, 5.41) is 23.6. The fraction of sp³-hybridized carbons (Fsp3) is 0.839. The molecule has 0 aromatic rings. The molecule has 12 nitrogen and oxygen atoms in total. The van der Waals surface area contributed by atoms with Crippen LogP contribution in [-0.4, -0.2) is 71.6 Å². The van der Waals surface area contributed by atoms with Crippen molar-refractivity contribution < 1.29 is 29.1 Å². The molecule has 8 N–H and O–H groups in total. The average molecular weight is 613 g/mol. The first kappa shape index (κ1) is 40.1. The second kappa shape index (κ2) is 20.1. The lowest BCUT2D eigenvalue weighted by atomic mass is 9.89. The van der Waals surface area contributed by atoms with Gasteiger partial charge in [-0.15, -0.1) is 0 Å². The molecule has 0 saturated carbocycles. The summed E-state index contributed by atoms with van der Waals surface area (Å²) in [6.45, 7) is 17.2. The van der Waals surface area contributed by atoms with Gasteiger partial charge in [-0.05, 0) is 83.6 Å². The topological polar surface area (TPSA) is 192 Å². The Morgan fingerprint density at radius 3 is 1.86 bits per heavy atom. The Labute approximate surface area is 258 Å². The molecule has 3 atom stereocenters. The Kier molecular flexibility index (Phi) is 18.8. The number of unbranched alkanes of at least 4 members (excludes halogenated alkanes) is 3. The smallest absolute Gasteiger partial charge is 0.326 e. The molecule has 0 saturated heterocycles. The summed E-state index contributed by atoms with van der Waals surface area (Å²) in [7, 11) is 0. The van der Waals surface area contributed by atoms with Crippen LogP contribution in [0.15, 0.2) is 0 Å². The summed E-state index contributed by atoms with van der Waals surface area (Å²) in [6.07, 6.45) is 6.03. The number of aliphatic carboxylic acids is 1. The average Bonchev–Trinajstić information content (AvgIpc) is 2.85. The van der Waals surface area contributed by atoms with Gasteiger partial charge in [-0.2, -0.15) is 0 Å². The minimum Gasteiger partial charge on any atom is -0.480 e. The molecule has 5 amide bonds. The first-order valence-corrected chi connectivity index (χ1v) is 15.7. The van der Waals surface area contributed by atoms with Crippen molar-refractivity contribution in [3.8, 4) is 0 Å². The lowest BCUT2D eigenvalue weighted by molar-refractivity contribution is -0.142. The Morgan fingerprint density at radius 1 is 0.721 bits per heavy atom. The molecule has 0 spiro atoms. The summed E-state index contributed by atoms with van der Waals surface area (Å²) in [6, 6.07) is -3.77. The molecule has 0 aliphatic carbocycles. The third-order valence-electron chi connectivity index (χ3n) is 6.89. The van der Waals surface area contributed by atoms with E-state index >= 15 is 0 Å². The molecule has 0 aliphatic heterocycles.